The van der Waals surface area contributed by atoms with Gasteiger partial charge in [-0.2, -0.15) is 0 Å². The van der Waals surface area contributed by atoms with E-state index in [2.05, 4.69) is 15.3 Å². The van der Waals surface area contributed by atoms with Crippen molar-refractivity contribution in [3.05, 3.63) is 78.6 Å². The molecule has 0 aliphatic carbocycles. The van der Waals surface area contributed by atoms with Crippen LogP contribution in [0.5, 0.6) is 0 Å². The van der Waals surface area contributed by atoms with E-state index in [1.54, 1.807) is 24.0 Å². The maximum absolute atomic E-state index is 12.6. The molecule has 2 heterocycles. The summed E-state index contributed by atoms with van der Waals surface area (Å²) in [6.45, 7) is 0. The van der Waals surface area contributed by atoms with E-state index in [4.69, 9.17) is 0 Å². The highest BCUT2D eigenvalue weighted by Crippen LogP contribution is 2.20. The molecule has 26 heavy (non-hydrogen) atoms. The number of rotatable bonds is 4. The van der Waals surface area contributed by atoms with Crippen LogP contribution in [0.3, 0.4) is 0 Å². The largest absolute Gasteiger partial charge is 0.307 e. The van der Waals surface area contributed by atoms with Gasteiger partial charge in [0.25, 0.3) is 5.91 Å². The second-order valence-corrected chi connectivity index (χ2v) is 6.45. The second-order valence-electron chi connectivity index (χ2n) is 5.68. The van der Waals surface area contributed by atoms with Crippen LogP contribution in [0.15, 0.2) is 78.2 Å². The van der Waals surface area contributed by atoms with Gasteiger partial charge in [0.1, 0.15) is 5.82 Å². The Morgan fingerprint density at radius 3 is 2.85 bits per heavy atom. The first kappa shape index (κ1) is 16.4. The molecule has 128 valence electrons. The third kappa shape index (κ3) is 3.19. The highest BCUT2D eigenvalue weighted by Gasteiger charge is 2.10. The van der Waals surface area contributed by atoms with Gasteiger partial charge in [-0.15, -0.1) is 0 Å². The number of aromatic nitrogens is 3. The Labute approximate surface area is 155 Å². The Morgan fingerprint density at radius 1 is 1.08 bits per heavy atom. The Balaban J connectivity index is 1.60. The second kappa shape index (κ2) is 7.01. The lowest BCUT2D eigenvalue weighted by molar-refractivity contribution is 0.102. The number of carbonyl (C=O) groups is 1. The van der Waals surface area contributed by atoms with Crippen molar-refractivity contribution in [2.45, 2.75) is 5.16 Å². The van der Waals surface area contributed by atoms with Crippen molar-refractivity contribution in [1.29, 1.82) is 0 Å². The third-order valence-electron chi connectivity index (χ3n) is 4.02. The van der Waals surface area contributed by atoms with Crippen LogP contribution in [-0.4, -0.2) is 26.7 Å². The van der Waals surface area contributed by atoms with E-state index < -0.39 is 0 Å². The van der Waals surface area contributed by atoms with Crippen LogP contribution in [0.1, 0.15) is 10.4 Å². The average Bonchev–Trinajstić information content (AvgIpc) is 3.17. The zero-order chi connectivity index (χ0) is 17.9. The summed E-state index contributed by atoms with van der Waals surface area (Å²) < 4.78 is 1.95. The van der Waals surface area contributed by atoms with Crippen LogP contribution < -0.4 is 5.32 Å². The molecule has 0 bridgehead atoms. The molecule has 2 aromatic heterocycles. The SMILES string of the molecule is CSc1nccn1-c1cccc(C(=O)Nc2ccc3ccccc3n2)c1. The van der Waals surface area contributed by atoms with Gasteiger partial charge in [-0.3, -0.25) is 9.36 Å². The maximum atomic E-state index is 12.6. The number of amides is 1. The van der Waals surface area contributed by atoms with Gasteiger partial charge in [0.05, 0.1) is 5.52 Å². The number of benzene rings is 2. The third-order valence-corrected chi connectivity index (χ3v) is 4.68. The highest BCUT2D eigenvalue weighted by atomic mass is 32.2. The topological polar surface area (TPSA) is 59.8 Å². The van der Waals surface area contributed by atoms with Gasteiger partial charge in [-0.25, -0.2) is 9.97 Å². The maximum Gasteiger partial charge on any atom is 0.256 e. The fourth-order valence-electron chi connectivity index (χ4n) is 2.76. The van der Waals surface area contributed by atoms with E-state index in [0.29, 0.717) is 11.4 Å². The van der Waals surface area contributed by atoms with Gasteiger partial charge >= 0.3 is 0 Å². The number of hydrogen-bond acceptors (Lipinski definition) is 4. The summed E-state index contributed by atoms with van der Waals surface area (Å²) >= 11 is 1.56. The van der Waals surface area contributed by atoms with Gasteiger partial charge in [0, 0.05) is 29.0 Å². The lowest BCUT2D eigenvalue weighted by Gasteiger charge is -2.09. The molecule has 0 unspecified atom stereocenters. The fourth-order valence-corrected chi connectivity index (χ4v) is 3.29. The Bertz CT molecular complexity index is 1090. The molecular weight excluding hydrogens is 344 g/mol. The molecule has 4 rings (SSSR count). The summed E-state index contributed by atoms with van der Waals surface area (Å²) in [7, 11) is 0. The van der Waals surface area contributed by atoms with Gasteiger partial charge in [0.2, 0.25) is 0 Å². The molecule has 0 aliphatic rings. The molecule has 1 N–H and O–H groups in total. The van der Waals surface area contributed by atoms with Crippen LogP contribution in [0, 0.1) is 0 Å². The van der Waals surface area contributed by atoms with Gasteiger partial charge in [-0.05, 0) is 42.7 Å². The van der Waals surface area contributed by atoms with Crippen LogP contribution >= 0.6 is 11.8 Å². The molecule has 0 aliphatic heterocycles. The van der Waals surface area contributed by atoms with E-state index >= 15 is 0 Å². The summed E-state index contributed by atoms with van der Waals surface area (Å²) in [5.74, 6) is 0.340. The zero-order valence-electron chi connectivity index (χ0n) is 14.1. The van der Waals surface area contributed by atoms with E-state index in [-0.39, 0.29) is 5.91 Å². The smallest absolute Gasteiger partial charge is 0.256 e. The minimum absolute atomic E-state index is 0.194. The number of anilines is 1. The van der Waals surface area contributed by atoms with E-state index in [1.165, 1.54) is 0 Å². The summed E-state index contributed by atoms with van der Waals surface area (Å²) in [5, 5.41) is 4.78. The number of nitrogens with one attached hydrogen (secondary N) is 1. The van der Waals surface area contributed by atoms with Crippen LogP contribution in [-0.2, 0) is 0 Å². The lowest BCUT2D eigenvalue weighted by atomic mass is 10.2. The monoisotopic (exact) mass is 360 g/mol. The molecule has 4 aromatic rings. The Kier molecular flexibility index (Phi) is 4.41. The molecule has 0 saturated heterocycles. The average molecular weight is 360 g/mol. The summed E-state index contributed by atoms with van der Waals surface area (Å²) in [5.41, 5.74) is 2.31. The van der Waals surface area contributed by atoms with Crippen molar-refractivity contribution in [2.24, 2.45) is 0 Å². The molecule has 0 fully saturated rings. The lowest BCUT2D eigenvalue weighted by Crippen LogP contribution is -2.13. The van der Waals surface area contributed by atoms with E-state index in [9.17, 15) is 4.79 Å². The number of hydrogen-bond donors (Lipinski definition) is 1. The minimum atomic E-state index is -0.194. The van der Waals surface area contributed by atoms with E-state index in [1.807, 2.05) is 71.6 Å². The molecule has 0 radical (unpaired) electrons. The molecular formula is C20H16N4OS. The Hall–Kier alpha value is -3.12. The number of carbonyl (C=O) groups excluding carboxylic acids is 1. The van der Waals surface area contributed by atoms with E-state index in [0.717, 1.165) is 21.7 Å². The first-order valence-corrected chi connectivity index (χ1v) is 9.32. The van der Waals surface area contributed by atoms with Crippen LogP contribution in [0.25, 0.3) is 16.6 Å². The van der Waals surface area contributed by atoms with Gasteiger partial charge in [-0.1, -0.05) is 36.0 Å². The molecule has 2 aromatic carbocycles. The van der Waals surface area contributed by atoms with Crippen molar-refractivity contribution in [3.8, 4) is 5.69 Å². The molecule has 1 amide bonds. The van der Waals surface area contributed by atoms with Crippen LogP contribution in [0.2, 0.25) is 0 Å². The standard InChI is InChI=1S/C20H16N4OS/c1-26-20-21-11-12-24(20)16-7-4-6-15(13-16)19(25)23-18-10-9-14-5-2-3-8-17(14)22-18/h2-13H,1H3,(H,22,23,25). The normalized spacial score (nSPS) is 10.8. The van der Waals surface area contributed by atoms with Crippen molar-refractivity contribution >= 4 is 34.4 Å². The number of nitrogens with zero attached hydrogens (tertiary/aromatic N) is 3. The quantitative estimate of drug-likeness (QED) is 0.548. The number of pyridine rings is 1. The van der Waals surface area contributed by atoms with Crippen molar-refractivity contribution in [1.82, 2.24) is 14.5 Å². The van der Waals surface area contributed by atoms with Crippen LogP contribution in [0.4, 0.5) is 5.82 Å². The number of imidazole rings is 1. The first-order valence-electron chi connectivity index (χ1n) is 8.09. The molecule has 0 saturated carbocycles. The number of fused-ring (bicyclic) bond motifs is 1. The number of thioether (sulfide) groups is 1. The summed E-state index contributed by atoms with van der Waals surface area (Å²) in [6.07, 6.45) is 5.60. The highest BCUT2D eigenvalue weighted by molar-refractivity contribution is 7.98. The minimum Gasteiger partial charge on any atom is -0.307 e. The van der Waals surface area contributed by atoms with Crippen molar-refractivity contribution in [3.63, 3.8) is 0 Å². The predicted octanol–water partition coefficient (Wildman–Crippen LogP) is 4.39. The molecule has 5 nitrogen and oxygen atoms in total. The predicted molar refractivity (Wildman–Crippen MR) is 105 cm³/mol. The molecule has 0 atom stereocenters. The van der Waals surface area contributed by atoms with Gasteiger partial charge < -0.3 is 5.32 Å². The molecule has 6 heteroatoms. The van der Waals surface area contributed by atoms with Crippen molar-refractivity contribution < 1.29 is 4.79 Å². The summed E-state index contributed by atoms with van der Waals surface area (Å²) in [6, 6.07) is 19.0. The number of para-hydroxylation sites is 1. The Morgan fingerprint density at radius 2 is 1.96 bits per heavy atom. The van der Waals surface area contributed by atoms with Crippen molar-refractivity contribution in [2.75, 3.05) is 11.6 Å². The van der Waals surface area contributed by atoms with Gasteiger partial charge in [0.15, 0.2) is 5.16 Å². The zero-order valence-corrected chi connectivity index (χ0v) is 14.9. The summed E-state index contributed by atoms with van der Waals surface area (Å²) in [4.78, 5) is 21.4. The first-order chi connectivity index (χ1) is 12.7. The fraction of sp³-hybridized carbons (Fsp3) is 0.0500. The molecule has 0 spiro atoms.